The lowest BCUT2D eigenvalue weighted by Crippen LogP contribution is -2.62. The number of carbonyl (C=O) groups is 2. The number of fused-ring (bicyclic) bond motifs is 1. The van der Waals surface area contributed by atoms with Gasteiger partial charge in [-0.25, -0.2) is 4.79 Å². The standard InChI is InChI=1S/C28H33N3O4/c1-18-19(2)30-24-9-7-6-8-22(24)23(18)15-34-21-12-10-20(11-13-21)28(14-25(29)32)16-31(17-28)26(33)35-27(3,4)5/h6-13H,14-17H2,1-5H3,(H2,29,32). The van der Waals surface area contributed by atoms with Crippen LogP contribution in [0.1, 0.15) is 49.6 Å². The highest BCUT2D eigenvalue weighted by molar-refractivity contribution is 5.83. The van der Waals surface area contributed by atoms with E-state index in [9.17, 15) is 9.59 Å². The Hall–Kier alpha value is -3.61. The normalized spacial score (nSPS) is 14.9. The summed E-state index contributed by atoms with van der Waals surface area (Å²) in [6, 6.07) is 15.8. The average molecular weight is 476 g/mol. The third-order valence-electron chi connectivity index (χ3n) is 6.51. The Balaban J connectivity index is 1.49. The van der Waals surface area contributed by atoms with Crippen molar-refractivity contribution in [3.63, 3.8) is 0 Å². The van der Waals surface area contributed by atoms with Crippen molar-refractivity contribution in [1.82, 2.24) is 9.88 Å². The Kier molecular flexibility index (Phi) is 6.45. The lowest BCUT2D eigenvalue weighted by atomic mass is 9.71. The van der Waals surface area contributed by atoms with Crippen LogP contribution in [-0.2, 0) is 21.6 Å². The van der Waals surface area contributed by atoms with Gasteiger partial charge in [-0.2, -0.15) is 0 Å². The minimum absolute atomic E-state index is 0.161. The average Bonchev–Trinajstić information content (AvgIpc) is 2.75. The third kappa shape index (κ3) is 5.24. The van der Waals surface area contributed by atoms with Gasteiger partial charge in [0.15, 0.2) is 0 Å². The molecule has 1 aliphatic rings. The number of pyridine rings is 1. The molecule has 7 heteroatoms. The highest BCUT2D eigenvalue weighted by Crippen LogP contribution is 2.39. The summed E-state index contributed by atoms with van der Waals surface area (Å²) < 4.78 is 11.6. The molecule has 0 aliphatic carbocycles. The first-order valence-corrected chi connectivity index (χ1v) is 11.8. The molecule has 2 amide bonds. The molecule has 2 heterocycles. The molecule has 7 nitrogen and oxygen atoms in total. The summed E-state index contributed by atoms with van der Waals surface area (Å²) in [6.45, 7) is 10.8. The van der Waals surface area contributed by atoms with Crippen LogP contribution in [0.25, 0.3) is 10.9 Å². The van der Waals surface area contributed by atoms with Gasteiger partial charge in [-0.15, -0.1) is 0 Å². The predicted octanol–water partition coefficient (Wildman–Crippen LogP) is 4.79. The molecule has 1 aromatic heterocycles. The lowest BCUT2D eigenvalue weighted by molar-refractivity contribution is -0.121. The molecule has 0 atom stereocenters. The van der Waals surface area contributed by atoms with E-state index in [0.717, 1.165) is 39.0 Å². The van der Waals surface area contributed by atoms with Crippen LogP contribution < -0.4 is 10.5 Å². The highest BCUT2D eigenvalue weighted by atomic mass is 16.6. The molecule has 1 fully saturated rings. The fraction of sp³-hybridized carbons (Fsp3) is 0.393. The molecule has 2 N–H and O–H groups in total. The van der Waals surface area contributed by atoms with Crippen LogP contribution in [0, 0.1) is 13.8 Å². The quantitative estimate of drug-likeness (QED) is 0.553. The summed E-state index contributed by atoms with van der Waals surface area (Å²) in [5.41, 5.74) is 9.61. The Labute approximate surface area is 206 Å². The number of nitrogens with two attached hydrogens (primary N) is 1. The molecule has 0 spiro atoms. The Morgan fingerprint density at radius 1 is 1.06 bits per heavy atom. The number of benzene rings is 2. The van der Waals surface area contributed by atoms with Crippen molar-refractivity contribution in [2.75, 3.05) is 13.1 Å². The van der Waals surface area contributed by atoms with Gasteiger partial charge in [0.1, 0.15) is 18.0 Å². The van der Waals surface area contributed by atoms with E-state index >= 15 is 0 Å². The number of rotatable bonds is 6. The molecule has 184 valence electrons. The van der Waals surface area contributed by atoms with Crippen LogP contribution in [0.5, 0.6) is 5.75 Å². The summed E-state index contributed by atoms with van der Waals surface area (Å²) in [5.74, 6) is 0.328. The molecule has 0 saturated carbocycles. The number of para-hydroxylation sites is 1. The number of likely N-dealkylation sites (tertiary alicyclic amines) is 1. The van der Waals surface area contributed by atoms with Gasteiger partial charge in [0.2, 0.25) is 5.91 Å². The van der Waals surface area contributed by atoms with Crippen molar-refractivity contribution >= 4 is 22.9 Å². The summed E-state index contributed by atoms with van der Waals surface area (Å²) in [6.07, 6.45) is -0.221. The zero-order valence-electron chi connectivity index (χ0n) is 21.1. The van der Waals surface area contributed by atoms with E-state index in [-0.39, 0.29) is 12.5 Å². The zero-order valence-corrected chi connectivity index (χ0v) is 21.1. The van der Waals surface area contributed by atoms with Gasteiger partial charge in [-0.05, 0) is 63.9 Å². The molecule has 0 radical (unpaired) electrons. The zero-order chi connectivity index (χ0) is 25.4. The molecular formula is C28H33N3O4. The van der Waals surface area contributed by atoms with Gasteiger partial charge in [0.05, 0.1) is 5.52 Å². The monoisotopic (exact) mass is 475 g/mol. The molecule has 4 rings (SSSR count). The van der Waals surface area contributed by atoms with Crippen molar-refractivity contribution in [2.45, 2.75) is 58.7 Å². The molecule has 1 saturated heterocycles. The van der Waals surface area contributed by atoms with Crippen molar-refractivity contribution in [1.29, 1.82) is 0 Å². The number of ether oxygens (including phenoxy) is 2. The molecule has 0 bridgehead atoms. The third-order valence-corrected chi connectivity index (χ3v) is 6.51. The summed E-state index contributed by atoms with van der Waals surface area (Å²) >= 11 is 0. The second-order valence-electron chi connectivity index (χ2n) is 10.4. The van der Waals surface area contributed by atoms with Gasteiger partial charge >= 0.3 is 6.09 Å². The smallest absolute Gasteiger partial charge is 0.410 e. The van der Waals surface area contributed by atoms with E-state index in [1.807, 2.05) is 70.2 Å². The van der Waals surface area contributed by atoms with Gasteiger partial charge in [-0.1, -0.05) is 30.3 Å². The second-order valence-corrected chi connectivity index (χ2v) is 10.4. The van der Waals surface area contributed by atoms with Crippen LogP contribution in [0.2, 0.25) is 0 Å². The molecule has 0 unspecified atom stereocenters. The number of aryl methyl sites for hydroxylation is 1. The van der Waals surface area contributed by atoms with E-state index in [2.05, 4.69) is 18.0 Å². The topological polar surface area (TPSA) is 94.8 Å². The van der Waals surface area contributed by atoms with Gasteiger partial charge in [-0.3, -0.25) is 9.78 Å². The largest absolute Gasteiger partial charge is 0.489 e. The maximum absolute atomic E-state index is 12.4. The number of nitrogens with zero attached hydrogens (tertiary/aromatic N) is 2. The fourth-order valence-corrected chi connectivity index (χ4v) is 4.63. The van der Waals surface area contributed by atoms with E-state index in [1.54, 1.807) is 4.90 Å². The first-order chi connectivity index (χ1) is 16.5. The summed E-state index contributed by atoms with van der Waals surface area (Å²) in [4.78, 5) is 30.6. The number of aromatic nitrogens is 1. The molecule has 35 heavy (non-hydrogen) atoms. The van der Waals surface area contributed by atoms with Crippen molar-refractivity contribution < 1.29 is 19.1 Å². The minimum atomic E-state index is -0.574. The maximum atomic E-state index is 12.4. The molecule has 3 aromatic rings. The summed E-state index contributed by atoms with van der Waals surface area (Å²) in [7, 11) is 0. The van der Waals surface area contributed by atoms with Crippen LogP contribution >= 0.6 is 0 Å². The first-order valence-electron chi connectivity index (χ1n) is 11.8. The fourth-order valence-electron chi connectivity index (χ4n) is 4.63. The van der Waals surface area contributed by atoms with Gasteiger partial charge in [0, 0.05) is 41.6 Å². The van der Waals surface area contributed by atoms with Gasteiger partial charge in [0.25, 0.3) is 0 Å². The number of hydrogen-bond donors (Lipinski definition) is 1. The SMILES string of the molecule is Cc1nc2ccccc2c(COc2ccc(C3(CC(N)=O)CN(C(=O)OC(C)(C)C)C3)cc2)c1C. The van der Waals surface area contributed by atoms with E-state index < -0.39 is 16.9 Å². The number of amides is 2. The Morgan fingerprint density at radius 2 is 1.71 bits per heavy atom. The Morgan fingerprint density at radius 3 is 2.34 bits per heavy atom. The van der Waals surface area contributed by atoms with E-state index in [0.29, 0.717) is 19.7 Å². The van der Waals surface area contributed by atoms with Crippen LogP contribution in [0.15, 0.2) is 48.5 Å². The van der Waals surface area contributed by atoms with Crippen molar-refractivity contribution in [3.8, 4) is 5.75 Å². The van der Waals surface area contributed by atoms with Crippen LogP contribution in [0.4, 0.5) is 4.79 Å². The molecule has 2 aromatic carbocycles. The highest BCUT2D eigenvalue weighted by Gasteiger charge is 2.48. The van der Waals surface area contributed by atoms with E-state index in [1.165, 1.54) is 0 Å². The van der Waals surface area contributed by atoms with Crippen LogP contribution in [-0.4, -0.2) is 40.6 Å². The van der Waals surface area contributed by atoms with Crippen molar-refractivity contribution in [3.05, 3.63) is 70.9 Å². The molecule has 1 aliphatic heterocycles. The first kappa shape index (κ1) is 24.5. The van der Waals surface area contributed by atoms with Crippen LogP contribution in [0.3, 0.4) is 0 Å². The summed E-state index contributed by atoms with van der Waals surface area (Å²) in [5, 5.41) is 1.09. The Bertz CT molecular complexity index is 1260. The predicted molar refractivity (Wildman–Crippen MR) is 135 cm³/mol. The second kappa shape index (κ2) is 9.21. The number of carbonyl (C=O) groups excluding carboxylic acids is 2. The number of primary amides is 1. The lowest BCUT2D eigenvalue weighted by Gasteiger charge is -2.50. The van der Waals surface area contributed by atoms with Crippen molar-refractivity contribution in [2.24, 2.45) is 5.73 Å². The molecular weight excluding hydrogens is 442 g/mol. The number of hydrogen-bond acceptors (Lipinski definition) is 5. The minimum Gasteiger partial charge on any atom is -0.489 e. The van der Waals surface area contributed by atoms with Gasteiger partial charge < -0.3 is 20.1 Å². The maximum Gasteiger partial charge on any atom is 0.410 e. The van der Waals surface area contributed by atoms with E-state index in [4.69, 9.17) is 15.2 Å².